The van der Waals surface area contributed by atoms with E-state index >= 15 is 0 Å². The van der Waals surface area contributed by atoms with E-state index in [-0.39, 0.29) is 18.8 Å². The molecular formula is C34H66O10. The van der Waals surface area contributed by atoms with Gasteiger partial charge in [-0.15, -0.1) is 0 Å². The summed E-state index contributed by atoms with van der Waals surface area (Å²) in [7, 11) is 0. The normalized spacial score (nSPS) is 22.2. The first-order chi connectivity index (χ1) is 19.6. The predicted molar refractivity (Wildman–Crippen MR) is 169 cm³/mol. The maximum absolute atomic E-state index is 12.6. The molecule has 3 atom stereocenters. The SMILES string of the molecule is CCCCC(CC(CC1C(C)(C)CC(C)CC1(OOC(C)(C)C)OOC(C)(C)C)(OOC(C)(C)C)OOC(C)(C)C)C(=O)O. The van der Waals surface area contributed by atoms with Crippen molar-refractivity contribution in [3.63, 3.8) is 0 Å². The Balaban J connectivity index is 3.92. The number of carboxylic acids is 1. The molecule has 0 spiro atoms. The van der Waals surface area contributed by atoms with Crippen molar-refractivity contribution in [3.8, 4) is 0 Å². The van der Waals surface area contributed by atoms with Gasteiger partial charge in [0.2, 0.25) is 11.6 Å². The van der Waals surface area contributed by atoms with Gasteiger partial charge in [0, 0.05) is 25.2 Å². The third kappa shape index (κ3) is 14.7. The van der Waals surface area contributed by atoms with Crippen molar-refractivity contribution in [3.05, 3.63) is 0 Å². The van der Waals surface area contributed by atoms with Crippen LogP contribution >= 0.6 is 0 Å². The summed E-state index contributed by atoms with van der Waals surface area (Å²) in [4.78, 5) is 61.6. The number of unbranched alkanes of at least 4 members (excludes halogenated alkanes) is 1. The van der Waals surface area contributed by atoms with Crippen LogP contribution in [0.3, 0.4) is 0 Å². The van der Waals surface area contributed by atoms with E-state index in [0.29, 0.717) is 12.8 Å². The lowest BCUT2D eigenvalue weighted by molar-refractivity contribution is -0.577. The van der Waals surface area contributed by atoms with Crippen LogP contribution in [0.4, 0.5) is 0 Å². The molecule has 3 unspecified atom stereocenters. The quantitative estimate of drug-likeness (QED) is 0.100. The Morgan fingerprint density at radius 1 is 0.750 bits per heavy atom. The Morgan fingerprint density at radius 3 is 1.55 bits per heavy atom. The molecule has 1 N–H and O–H groups in total. The lowest BCUT2D eigenvalue weighted by atomic mass is 9.60. The van der Waals surface area contributed by atoms with Crippen molar-refractivity contribution >= 4 is 5.97 Å². The summed E-state index contributed by atoms with van der Waals surface area (Å²) in [5.41, 5.74) is -3.22. The van der Waals surface area contributed by atoms with Gasteiger partial charge in [-0.2, -0.15) is 19.6 Å². The van der Waals surface area contributed by atoms with E-state index in [1.54, 1.807) is 0 Å². The molecule has 262 valence electrons. The van der Waals surface area contributed by atoms with E-state index in [4.69, 9.17) is 39.1 Å². The van der Waals surface area contributed by atoms with Gasteiger partial charge in [0.05, 0.1) is 28.3 Å². The first-order valence-electron chi connectivity index (χ1n) is 16.3. The molecule has 10 heteroatoms. The van der Waals surface area contributed by atoms with Crippen LogP contribution in [0.1, 0.15) is 156 Å². The Labute approximate surface area is 267 Å². The fourth-order valence-electron chi connectivity index (χ4n) is 5.44. The number of hydrogen-bond donors (Lipinski definition) is 1. The van der Waals surface area contributed by atoms with Crippen LogP contribution in [-0.2, 0) is 43.9 Å². The maximum atomic E-state index is 12.6. The fraction of sp³-hybridized carbons (Fsp3) is 0.971. The maximum Gasteiger partial charge on any atom is 0.306 e. The third-order valence-corrected chi connectivity index (χ3v) is 7.06. The van der Waals surface area contributed by atoms with Crippen molar-refractivity contribution in [2.45, 2.75) is 190 Å². The lowest BCUT2D eigenvalue weighted by Crippen LogP contribution is -2.59. The summed E-state index contributed by atoms with van der Waals surface area (Å²) in [6.07, 6.45) is 3.35. The average Bonchev–Trinajstić information content (AvgIpc) is 2.81. The minimum atomic E-state index is -1.67. The molecule has 44 heavy (non-hydrogen) atoms. The van der Waals surface area contributed by atoms with E-state index in [0.717, 1.165) is 19.3 Å². The predicted octanol–water partition coefficient (Wildman–Crippen LogP) is 9.11. The van der Waals surface area contributed by atoms with Crippen molar-refractivity contribution in [1.82, 2.24) is 0 Å². The highest BCUT2D eigenvalue weighted by atomic mass is 17.3. The van der Waals surface area contributed by atoms with Crippen LogP contribution in [0.2, 0.25) is 0 Å². The fourth-order valence-corrected chi connectivity index (χ4v) is 5.44. The summed E-state index contributed by atoms with van der Waals surface area (Å²) in [6.45, 7) is 30.9. The largest absolute Gasteiger partial charge is 0.481 e. The zero-order chi connectivity index (χ0) is 34.4. The molecule has 0 aromatic heterocycles. The molecule has 0 heterocycles. The van der Waals surface area contributed by atoms with Crippen molar-refractivity contribution in [1.29, 1.82) is 0 Å². The monoisotopic (exact) mass is 634 g/mol. The van der Waals surface area contributed by atoms with E-state index in [2.05, 4.69) is 20.8 Å². The number of hydrogen-bond acceptors (Lipinski definition) is 9. The van der Waals surface area contributed by atoms with Crippen molar-refractivity contribution in [2.75, 3.05) is 0 Å². The molecule has 0 saturated heterocycles. The van der Waals surface area contributed by atoms with Gasteiger partial charge in [0.15, 0.2) is 0 Å². The molecule has 1 aliphatic carbocycles. The zero-order valence-electron chi connectivity index (χ0n) is 30.8. The third-order valence-electron chi connectivity index (χ3n) is 7.06. The van der Waals surface area contributed by atoms with Crippen molar-refractivity contribution < 1.29 is 49.0 Å². The minimum absolute atomic E-state index is 0.0348. The highest BCUT2D eigenvalue weighted by Crippen LogP contribution is 2.56. The second-order valence-electron chi connectivity index (χ2n) is 17.5. The van der Waals surface area contributed by atoms with Gasteiger partial charge >= 0.3 is 5.97 Å². The molecule has 10 nitrogen and oxygen atoms in total. The van der Waals surface area contributed by atoms with Gasteiger partial charge in [-0.25, -0.2) is 19.6 Å². The van der Waals surface area contributed by atoms with Crippen LogP contribution < -0.4 is 0 Å². The zero-order valence-corrected chi connectivity index (χ0v) is 30.8. The first-order valence-corrected chi connectivity index (χ1v) is 16.3. The molecule has 0 amide bonds. The van der Waals surface area contributed by atoms with Crippen LogP contribution in [0.5, 0.6) is 0 Å². The molecule has 0 radical (unpaired) electrons. The first kappa shape index (κ1) is 41.2. The van der Waals surface area contributed by atoms with Crippen LogP contribution in [-0.4, -0.2) is 45.1 Å². The Bertz CT molecular complexity index is 836. The van der Waals surface area contributed by atoms with Crippen molar-refractivity contribution in [2.24, 2.45) is 23.2 Å². The van der Waals surface area contributed by atoms with Gasteiger partial charge in [-0.3, -0.25) is 4.79 Å². The Morgan fingerprint density at radius 2 is 1.18 bits per heavy atom. The summed E-state index contributed by atoms with van der Waals surface area (Å²) in [5, 5.41) is 10.3. The van der Waals surface area contributed by atoms with E-state index in [1.165, 1.54) is 0 Å². The average molecular weight is 635 g/mol. The Hall–Kier alpha value is -0.850. The molecule has 1 rings (SSSR count). The highest BCUT2D eigenvalue weighted by molar-refractivity contribution is 5.70. The minimum Gasteiger partial charge on any atom is -0.481 e. The van der Waals surface area contributed by atoms with Crippen LogP contribution in [0.25, 0.3) is 0 Å². The molecule has 1 saturated carbocycles. The molecule has 1 aliphatic rings. The molecular weight excluding hydrogens is 568 g/mol. The second-order valence-corrected chi connectivity index (χ2v) is 17.5. The number of carbonyl (C=O) groups is 1. The molecule has 0 aliphatic heterocycles. The molecule has 0 aromatic carbocycles. The van der Waals surface area contributed by atoms with Gasteiger partial charge < -0.3 is 5.11 Å². The van der Waals surface area contributed by atoms with E-state index < -0.39 is 57.2 Å². The molecule has 1 fully saturated rings. The summed E-state index contributed by atoms with van der Waals surface area (Å²) in [6, 6.07) is 0. The molecule has 0 aromatic rings. The van der Waals surface area contributed by atoms with Gasteiger partial charge in [0.25, 0.3) is 0 Å². The van der Waals surface area contributed by atoms with E-state index in [9.17, 15) is 9.90 Å². The molecule has 0 bridgehead atoms. The Kier molecular flexibility index (Phi) is 14.4. The van der Waals surface area contributed by atoms with Gasteiger partial charge in [0.1, 0.15) is 0 Å². The summed E-state index contributed by atoms with van der Waals surface area (Å²) < 4.78 is 0. The van der Waals surface area contributed by atoms with Crippen LogP contribution in [0.15, 0.2) is 0 Å². The summed E-state index contributed by atoms with van der Waals surface area (Å²) >= 11 is 0. The number of carboxylic acid groups (broad SMARTS) is 1. The van der Waals surface area contributed by atoms with Gasteiger partial charge in [-0.1, -0.05) is 40.5 Å². The topological polar surface area (TPSA) is 111 Å². The van der Waals surface area contributed by atoms with Gasteiger partial charge in [-0.05, 0) is 107 Å². The standard InChI is InChI=1S/C34H66O10/c1-17-18-19-25(27(35)36)22-33(41-37-28(3,4)5,42-38-29(6,7)8)23-26-32(15,16)20-24(2)21-34(26,43-39-30(9,10)11)44-40-31(12,13)14/h24-26H,17-23H2,1-16H3,(H,35,36). The lowest BCUT2D eigenvalue weighted by Gasteiger charge is -2.54. The number of rotatable bonds is 16. The smallest absolute Gasteiger partial charge is 0.306 e. The van der Waals surface area contributed by atoms with Crippen LogP contribution in [0, 0.1) is 23.2 Å². The summed E-state index contributed by atoms with van der Waals surface area (Å²) in [5.74, 6) is -5.13. The highest BCUT2D eigenvalue weighted by Gasteiger charge is 2.60. The second kappa shape index (κ2) is 15.4. The number of aliphatic carboxylic acids is 1. The van der Waals surface area contributed by atoms with E-state index in [1.807, 2.05) is 90.0 Å².